The summed E-state index contributed by atoms with van der Waals surface area (Å²) in [6.45, 7) is 2.24. The van der Waals surface area contributed by atoms with Crippen LogP contribution in [-0.4, -0.2) is 35.2 Å². The summed E-state index contributed by atoms with van der Waals surface area (Å²) in [6.07, 6.45) is 2.89. The number of carboxylic acid groups (broad SMARTS) is 1. The third kappa shape index (κ3) is 4.10. The fourth-order valence-electron chi connectivity index (χ4n) is 1.22. The molecule has 0 aliphatic rings. The smallest absolute Gasteiger partial charge is 0.341 e. The SMILES string of the molecule is CCOC(=O)c1cnccc1NCCC(=O)O. The molecule has 0 aliphatic carbocycles. The van der Waals surface area contributed by atoms with Crippen LogP contribution >= 0.6 is 0 Å². The van der Waals surface area contributed by atoms with Crippen molar-refractivity contribution in [2.75, 3.05) is 18.5 Å². The van der Waals surface area contributed by atoms with Crippen LogP contribution in [0.25, 0.3) is 0 Å². The van der Waals surface area contributed by atoms with Crippen molar-refractivity contribution in [1.29, 1.82) is 0 Å². The van der Waals surface area contributed by atoms with E-state index in [2.05, 4.69) is 10.3 Å². The van der Waals surface area contributed by atoms with Gasteiger partial charge < -0.3 is 15.2 Å². The predicted molar refractivity (Wildman–Crippen MR) is 60.9 cm³/mol. The Morgan fingerprint density at radius 1 is 1.53 bits per heavy atom. The summed E-state index contributed by atoms with van der Waals surface area (Å²) in [5.74, 6) is -1.37. The van der Waals surface area contributed by atoms with Crippen molar-refractivity contribution < 1.29 is 19.4 Å². The average molecular weight is 238 g/mol. The Bertz CT molecular complexity index is 406. The van der Waals surface area contributed by atoms with E-state index in [4.69, 9.17) is 9.84 Å². The highest BCUT2D eigenvalue weighted by atomic mass is 16.5. The quantitative estimate of drug-likeness (QED) is 0.722. The van der Waals surface area contributed by atoms with Crippen LogP contribution in [0, 0.1) is 0 Å². The van der Waals surface area contributed by atoms with Crippen LogP contribution in [0.2, 0.25) is 0 Å². The fraction of sp³-hybridized carbons (Fsp3) is 0.364. The number of carbonyl (C=O) groups excluding carboxylic acids is 1. The molecule has 92 valence electrons. The Labute approximate surface area is 98.6 Å². The Kier molecular flexibility index (Phi) is 4.93. The number of aliphatic carboxylic acids is 1. The summed E-state index contributed by atoms with van der Waals surface area (Å²) >= 11 is 0. The number of hydrogen-bond donors (Lipinski definition) is 2. The molecule has 0 aliphatic heterocycles. The third-order valence-corrected chi connectivity index (χ3v) is 1.97. The molecule has 6 nitrogen and oxygen atoms in total. The molecule has 0 saturated heterocycles. The van der Waals surface area contributed by atoms with Crippen LogP contribution < -0.4 is 5.32 Å². The molecular weight excluding hydrogens is 224 g/mol. The summed E-state index contributed by atoms with van der Waals surface area (Å²) in [4.78, 5) is 25.7. The lowest BCUT2D eigenvalue weighted by atomic mass is 10.2. The maximum atomic E-state index is 11.5. The molecule has 0 unspecified atom stereocenters. The molecule has 0 saturated carbocycles. The van der Waals surface area contributed by atoms with E-state index in [1.165, 1.54) is 12.4 Å². The van der Waals surface area contributed by atoms with E-state index in [1.54, 1.807) is 13.0 Å². The van der Waals surface area contributed by atoms with Gasteiger partial charge in [-0.1, -0.05) is 0 Å². The van der Waals surface area contributed by atoms with Crippen LogP contribution in [0.3, 0.4) is 0 Å². The molecule has 0 bridgehead atoms. The van der Waals surface area contributed by atoms with Gasteiger partial charge in [0, 0.05) is 18.9 Å². The Hall–Kier alpha value is -2.11. The number of carbonyl (C=O) groups is 2. The molecule has 1 heterocycles. The van der Waals surface area contributed by atoms with Crippen molar-refractivity contribution in [3.8, 4) is 0 Å². The summed E-state index contributed by atoms with van der Waals surface area (Å²) in [7, 11) is 0. The molecule has 17 heavy (non-hydrogen) atoms. The number of carboxylic acids is 1. The van der Waals surface area contributed by atoms with Crippen LogP contribution in [0.1, 0.15) is 23.7 Å². The van der Waals surface area contributed by atoms with Crippen LogP contribution in [0.5, 0.6) is 0 Å². The van der Waals surface area contributed by atoms with E-state index in [0.29, 0.717) is 11.3 Å². The first-order valence-corrected chi connectivity index (χ1v) is 5.22. The third-order valence-electron chi connectivity index (χ3n) is 1.97. The van der Waals surface area contributed by atoms with E-state index in [0.717, 1.165) is 0 Å². The molecule has 1 aromatic heterocycles. The van der Waals surface area contributed by atoms with Crippen LogP contribution in [0.4, 0.5) is 5.69 Å². The Morgan fingerprint density at radius 3 is 2.94 bits per heavy atom. The van der Waals surface area contributed by atoms with Gasteiger partial charge >= 0.3 is 11.9 Å². The Morgan fingerprint density at radius 2 is 2.29 bits per heavy atom. The van der Waals surface area contributed by atoms with Gasteiger partial charge in [0.25, 0.3) is 0 Å². The molecule has 1 aromatic rings. The number of rotatable bonds is 6. The van der Waals surface area contributed by atoms with Gasteiger partial charge in [-0.15, -0.1) is 0 Å². The Balaban J connectivity index is 2.70. The summed E-state index contributed by atoms with van der Waals surface area (Å²) in [5.41, 5.74) is 0.833. The number of ether oxygens (including phenoxy) is 1. The number of pyridine rings is 1. The largest absolute Gasteiger partial charge is 0.481 e. The second-order valence-corrected chi connectivity index (χ2v) is 3.21. The highest BCUT2D eigenvalue weighted by Gasteiger charge is 2.12. The number of hydrogen-bond acceptors (Lipinski definition) is 5. The van der Waals surface area contributed by atoms with Gasteiger partial charge in [-0.25, -0.2) is 4.79 Å². The van der Waals surface area contributed by atoms with E-state index in [9.17, 15) is 9.59 Å². The van der Waals surface area contributed by atoms with E-state index in [-0.39, 0.29) is 19.6 Å². The van der Waals surface area contributed by atoms with Gasteiger partial charge in [0.15, 0.2) is 0 Å². The van der Waals surface area contributed by atoms with E-state index < -0.39 is 11.9 Å². The number of aromatic nitrogens is 1. The van der Waals surface area contributed by atoms with Crippen molar-refractivity contribution in [3.05, 3.63) is 24.0 Å². The van der Waals surface area contributed by atoms with Crippen molar-refractivity contribution in [2.45, 2.75) is 13.3 Å². The minimum Gasteiger partial charge on any atom is -0.481 e. The standard InChI is InChI=1S/C11H14N2O4/c1-2-17-11(16)8-7-12-5-3-9(8)13-6-4-10(14)15/h3,5,7H,2,4,6H2,1H3,(H,12,13)(H,14,15). The lowest BCUT2D eigenvalue weighted by Crippen LogP contribution is -2.13. The molecule has 0 fully saturated rings. The van der Waals surface area contributed by atoms with Gasteiger partial charge in [0.05, 0.1) is 18.7 Å². The zero-order valence-corrected chi connectivity index (χ0v) is 9.47. The van der Waals surface area contributed by atoms with Gasteiger partial charge in [0.2, 0.25) is 0 Å². The van der Waals surface area contributed by atoms with Crippen LogP contribution in [-0.2, 0) is 9.53 Å². The van der Waals surface area contributed by atoms with Gasteiger partial charge in [-0.05, 0) is 13.0 Å². The van der Waals surface area contributed by atoms with Gasteiger partial charge in [0.1, 0.15) is 5.56 Å². The topological polar surface area (TPSA) is 88.5 Å². The number of nitrogens with zero attached hydrogens (tertiary/aromatic N) is 1. The first-order valence-electron chi connectivity index (χ1n) is 5.22. The maximum Gasteiger partial charge on any atom is 0.341 e. The minimum absolute atomic E-state index is 0.0232. The molecule has 1 rings (SSSR count). The molecule has 0 spiro atoms. The number of esters is 1. The second kappa shape index (κ2) is 6.47. The number of anilines is 1. The highest BCUT2D eigenvalue weighted by Crippen LogP contribution is 2.14. The lowest BCUT2D eigenvalue weighted by Gasteiger charge is -2.09. The molecule has 6 heteroatoms. The maximum absolute atomic E-state index is 11.5. The molecule has 0 aromatic carbocycles. The molecule has 0 atom stereocenters. The minimum atomic E-state index is -0.899. The second-order valence-electron chi connectivity index (χ2n) is 3.21. The van der Waals surface area contributed by atoms with Crippen LogP contribution in [0.15, 0.2) is 18.5 Å². The first-order chi connectivity index (χ1) is 8.15. The zero-order chi connectivity index (χ0) is 12.7. The highest BCUT2D eigenvalue weighted by molar-refractivity contribution is 5.95. The van der Waals surface area contributed by atoms with E-state index >= 15 is 0 Å². The van der Waals surface area contributed by atoms with Crippen molar-refractivity contribution in [3.63, 3.8) is 0 Å². The number of nitrogens with one attached hydrogen (secondary N) is 1. The molecule has 0 amide bonds. The van der Waals surface area contributed by atoms with Gasteiger partial charge in [-0.3, -0.25) is 9.78 Å². The van der Waals surface area contributed by atoms with Crippen molar-refractivity contribution in [1.82, 2.24) is 4.98 Å². The lowest BCUT2D eigenvalue weighted by molar-refractivity contribution is -0.136. The summed E-state index contributed by atoms with van der Waals surface area (Å²) in [5, 5.41) is 11.4. The van der Waals surface area contributed by atoms with E-state index in [1.807, 2.05) is 0 Å². The predicted octanol–water partition coefficient (Wildman–Crippen LogP) is 1.14. The summed E-state index contributed by atoms with van der Waals surface area (Å²) < 4.78 is 4.86. The molecule has 0 radical (unpaired) electrons. The first kappa shape index (κ1) is 13.0. The van der Waals surface area contributed by atoms with Crippen molar-refractivity contribution in [2.24, 2.45) is 0 Å². The molecular formula is C11H14N2O4. The fourth-order valence-corrected chi connectivity index (χ4v) is 1.22. The summed E-state index contributed by atoms with van der Waals surface area (Å²) in [6, 6.07) is 1.61. The van der Waals surface area contributed by atoms with Gasteiger partial charge in [-0.2, -0.15) is 0 Å². The van der Waals surface area contributed by atoms with Crippen molar-refractivity contribution >= 4 is 17.6 Å². The normalized spacial score (nSPS) is 9.71. The molecule has 2 N–H and O–H groups in total. The zero-order valence-electron chi connectivity index (χ0n) is 9.47. The average Bonchev–Trinajstić information content (AvgIpc) is 2.29. The monoisotopic (exact) mass is 238 g/mol.